The Balaban J connectivity index is 0.00000254. The Morgan fingerprint density at radius 2 is 1.96 bits per heavy atom. The van der Waals surface area contributed by atoms with Crippen molar-refractivity contribution in [1.82, 2.24) is 4.98 Å². The van der Waals surface area contributed by atoms with E-state index >= 15 is 0 Å². The minimum absolute atomic E-state index is 0.215. The number of carboxylic acid groups (broad SMARTS) is 1. The summed E-state index contributed by atoms with van der Waals surface area (Å²) in [5, 5.41) is 10.2. The van der Waals surface area contributed by atoms with Gasteiger partial charge in [0.2, 0.25) is 11.8 Å². The first-order valence-electron chi connectivity index (χ1n) is 6.56. The maximum atomic E-state index is 12.7. The molecule has 0 bridgehead atoms. The van der Waals surface area contributed by atoms with E-state index in [1.807, 2.05) is 13.8 Å². The van der Waals surface area contributed by atoms with Crippen LogP contribution >= 0.6 is 23.4 Å². The molecular weight excluding hydrogens is 373 g/mol. The molecule has 2 N–H and O–H groups in total. The Labute approximate surface area is 145 Å². The summed E-state index contributed by atoms with van der Waals surface area (Å²) in [6.07, 6.45) is -4.71. The summed E-state index contributed by atoms with van der Waals surface area (Å²) < 4.78 is 42.7. The van der Waals surface area contributed by atoms with Crippen LogP contribution in [0.5, 0.6) is 5.88 Å². The number of aliphatic carboxylic acids is 1. The molecule has 1 heterocycles. The van der Waals surface area contributed by atoms with Gasteiger partial charge < -0.3 is 15.2 Å². The van der Waals surface area contributed by atoms with E-state index in [-0.39, 0.29) is 17.3 Å². The molecule has 0 spiro atoms. The van der Waals surface area contributed by atoms with Crippen LogP contribution in [-0.4, -0.2) is 40.6 Å². The summed E-state index contributed by atoms with van der Waals surface area (Å²) >= 11 is 6.48. The monoisotopic (exact) mass is 388 g/mol. The number of carbonyl (C=O) groups is 2. The van der Waals surface area contributed by atoms with E-state index in [2.05, 4.69) is 15.0 Å². The third-order valence-electron chi connectivity index (χ3n) is 2.16. The van der Waals surface area contributed by atoms with Gasteiger partial charge in [0.1, 0.15) is 5.56 Å². The highest BCUT2D eigenvalue weighted by molar-refractivity contribution is 8.00. The molecule has 1 aromatic rings. The second-order valence-electron chi connectivity index (χ2n) is 3.81. The van der Waals surface area contributed by atoms with Crippen LogP contribution in [0.3, 0.4) is 0 Å². The van der Waals surface area contributed by atoms with Crippen LogP contribution in [0.1, 0.15) is 19.4 Å². The lowest BCUT2D eigenvalue weighted by molar-refractivity contribution is -0.139. The fourth-order valence-corrected chi connectivity index (χ4v) is 2.05. The van der Waals surface area contributed by atoms with Gasteiger partial charge >= 0.3 is 12.1 Å². The first-order valence-corrected chi connectivity index (χ1v) is 8.09. The molecule has 0 aromatic carbocycles. The summed E-state index contributed by atoms with van der Waals surface area (Å²) in [4.78, 5) is 25.3. The Kier molecular flexibility index (Phi) is 9.52. The van der Waals surface area contributed by atoms with Crippen molar-refractivity contribution in [3.63, 3.8) is 0 Å². The van der Waals surface area contributed by atoms with Gasteiger partial charge in [-0.05, 0) is 6.07 Å². The maximum absolute atomic E-state index is 12.7. The van der Waals surface area contributed by atoms with Gasteiger partial charge in [-0.2, -0.15) is 18.2 Å². The SMILES string of the molecule is CC.COc1nc(NC(=O)CSCC(=O)O)c(Cl)cc1C(F)(F)F. The van der Waals surface area contributed by atoms with Crippen molar-refractivity contribution >= 4 is 41.1 Å². The molecule has 0 aliphatic heterocycles. The fraction of sp³-hybridized carbons (Fsp3) is 0.462. The summed E-state index contributed by atoms with van der Waals surface area (Å²) in [7, 11) is 1.000. The van der Waals surface area contributed by atoms with Gasteiger partial charge in [0, 0.05) is 0 Å². The van der Waals surface area contributed by atoms with Crippen molar-refractivity contribution in [2.45, 2.75) is 20.0 Å². The largest absolute Gasteiger partial charge is 0.481 e. The van der Waals surface area contributed by atoms with E-state index in [1.54, 1.807) is 0 Å². The lowest BCUT2D eigenvalue weighted by Gasteiger charge is -2.14. The molecule has 0 radical (unpaired) electrons. The second-order valence-corrected chi connectivity index (χ2v) is 5.20. The predicted molar refractivity (Wildman–Crippen MR) is 85.7 cm³/mol. The average Bonchev–Trinajstić information content (AvgIpc) is 2.49. The molecule has 0 saturated heterocycles. The Morgan fingerprint density at radius 1 is 1.38 bits per heavy atom. The molecule has 0 aliphatic carbocycles. The summed E-state index contributed by atoms with van der Waals surface area (Å²) in [5.41, 5.74) is -1.17. The molecule has 6 nitrogen and oxygen atoms in total. The van der Waals surface area contributed by atoms with Crippen molar-refractivity contribution in [3.8, 4) is 5.88 Å². The molecule has 1 aromatic heterocycles. The number of pyridine rings is 1. The van der Waals surface area contributed by atoms with Gasteiger partial charge in [-0.25, -0.2) is 0 Å². The number of hydrogen-bond acceptors (Lipinski definition) is 5. The predicted octanol–water partition coefficient (Wildman–Crippen LogP) is 3.54. The molecule has 11 heteroatoms. The number of alkyl halides is 3. The van der Waals surface area contributed by atoms with Crippen LogP contribution in [0, 0.1) is 0 Å². The highest BCUT2D eigenvalue weighted by atomic mass is 35.5. The number of carbonyl (C=O) groups excluding carboxylic acids is 1. The molecule has 0 unspecified atom stereocenters. The number of anilines is 1. The maximum Gasteiger partial charge on any atom is 0.421 e. The molecule has 24 heavy (non-hydrogen) atoms. The Hall–Kier alpha value is -1.68. The van der Waals surface area contributed by atoms with Crippen molar-refractivity contribution in [2.75, 3.05) is 23.9 Å². The third-order valence-corrected chi connectivity index (χ3v) is 3.36. The molecule has 1 amide bonds. The molecular formula is C13H16ClF3N2O4S. The molecule has 0 fully saturated rings. The first-order chi connectivity index (χ1) is 11.1. The number of carboxylic acids is 1. The van der Waals surface area contributed by atoms with Crippen LogP contribution in [0.15, 0.2) is 6.07 Å². The van der Waals surface area contributed by atoms with Crippen LogP contribution in [0.2, 0.25) is 5.02 Å². The average molecular weight is 389 g/mol. The van der Waals surface area contributed by atoms with Gasteiger partial charge in [0.15, 0.2) is 5.82 Å². The fourth-order valence-electron chi connectivity index (χ4n) is 1.32. The zero-order valence-corrected chi connectivity index (χ0v) is 14.6. The topological polar surface area (TPSA) is 88.5 Å². The van der Waals surface area contributed by atoms with Crippen LogP contribution in [-0.2, 0) is 15.8 Å². The van der Waals surface area contributed by atoms with Gasteiger partial charge in [-0.1, -0.05) is 25.4 Å². The van der Waals surface area contributed by atoms with E-state index in [4.69, 9.17) is 16.7 Å². The van der Waals surface area contributed by atoms with Crippen LogP contribution < -0.4 is 10.1 Å². The number of aromatic nitrogens is 1. The number of thioether (sulfide) groups is 1. The van der Waals surface area contributed by atoms with Gasteiger partial charge in [-0.3, -0.25) is 9.59 Å². The quantitative estimate of drug-likeness (QED) is 0.774. The molecule has 136 valence electrons. The number of hydrogen-bond donors (Lipinski definition) is 2. The van der Waals surface area contributed by atoms with Crippen LogP contribution in [0.4, 0.5) is 19.0 Å². The zero-order valence-electron chi connectivity index (χ0n) is 13.0. The summed E-state index contributed by atoms with van der Waals surface area (Å²) in [6, 6.07) is 0.591. The number of ether oxygens (including phenoxy) is 1. The van der Waals surface area contributed by atoms with Crippen molar-refractivity contribution < 1.29 is 32.6 Å². The minimum atomic E-state index is -4.71. The minimum Gasteiger partial charge on any atom is -0.481 e. The lowest BCUT2D eigenvalue weighted by Crippen LogP contribution is -2.18. The number of amides is 1. The normalized spacial score (nSPS) is 10.5. The molecule has 1 rings (SSSR count). The van der Waals surface area contributed by atoms with E-state index < -0.39 is 34.5 Å². The van der Waals surface area contributed by atoms with Crippen LogP contribution in [0.25, 0.3) is 0 Å². The number of methoxy groups -OCH3 is 1. The molecule has 0 aliphatic rings. The highest BCUT2D eigenvalue weighted by Gasteiger charge is 2.36. The molecule has 0 saturated carbocycles. The van der Waals surface area contributed by atoms with E-state index in [0.29, 0.717) is 6.07 Å². The Bertz CT molecular complexity index is 585. The summed E-state index contributed by atoms with van der Waals surface area (Å²) in [6.45, 7) is 4.00. The van der Waals surface area contributed by atoms with E-state index in [0.717, 1.165) is 18.9 Å². The second kappa shape index (κ2) is 10.2. The smallest absolute Gasteiger partial charge is 0.421 e. The number of rotatable bonds is 6. The van der Waals surface area contributed by atoms with Gasteiger partial charge in [0.05, 0.1) is 23.6 Å². The van der Waals surface area contributed by atoms with Gasteiger partial charge in [-0.15, -0.1) is 11.8 Å². The first kappa shape index (κ1) is 22.3. The molecule has 0 atom stereocenters. The zero-order chi connectivity index (χ0) is 18.9. The number of halogens is 4. The van der Waals surface area contributed by atoms with Crippen molar-refractivity contribution in [2.24, 2.45) is 0 Å². The van der Waals surface area contributed by atoms with Crippen molar-refractivity contribution in [1.29, 1.82) is 0 Å². The summed E-state index contributed by atoms with van der Waals surface area (Å²) in [5.74, 6) is -3.27. The Morgan fingerprint density at radius 3 is 2.42 bits per heavy atom. The number of nitrogens with zero attached hydrogens (tertiary/aromatic N) is 1. The van der Waals surface area contributed by atoms with Gasteiger partial charge in [0.25, 0.3) is 0 Å². The van der Waals surface area contributed by atoms with E-state index in [1.165, 1.54) is 0 Å². The van der Waals surface area contributed by atoms with Crippen molar-refractivity contribution in [3.05, 3.63) is 16.7 Å². The highest BCUT2D eigenvalue weighted by Crippen LogP contribution is 2.38. The van der Waals surface area contributed by atoms with E-state index in [9.17, 15) is 22.8 Å². The third kappa shape index (κ3) is 7.26. The lowest BCUT2D eigenvalue weighted by atomic mass is 10.2. The number of nitrogens with one attached hydrogen (secondary N) is 1. The standard InChI is InChI=1S/C11H10ClF3N2O4S.C2H6/c1-21-10-5(11(13,14)15)2-6(12)9(17-10)16-7(18)3-22-4-8(19)20;1-2/h2H,3-4H2,1H3,(H,19,20)(H,16,17,18);1-2H3.